The quantitative estimate of drug-likeness (QED) is 0.403. The van der Waals surface area contributed by atoms with Gasteiger partial charge in [0, 0.05) is 23.6 Å². The number of aromatic nitrogens is 1. The smallest absolute Gasteiger partial charge is 0.213 e. The second-order valence-corrected chi connectivity index (χ2v) is 7.31. The number of hydrogen-bond donors (Lipinski definition) is 0. The number of pyridine rings is 1. The van der Waals surface area contributed by atoms with E-state index in [4.69, 9.17) is 0 Å². The lowest BCUT2D eigenvalue weighted by Crippen LogP contribution is -2.32. The van der Waals surface area contributed by atoms with Crippen molar-refractivity contribution in [3.8, 4) is 0 Å². The molecule has 3 heteroatoms. The Morgan fingerprint density at radius 2 is 1.78 bits per heavy atom. The number of hydrogen-bond acceptors (Lipinski definition) is 2. The Morgan fingerprint density at radius 3 is 2.59 bits per heavy atom. The Kier molecular flexibility index (Phi) is 6.02. The summed E-state index contributed by atoms with van der Waals surface area (Å²) in [5.41, 5.74) is 3.85. The van der Waals surface area contributed by atoms with E-state index in [9.17, 15) is 0 Å². The van der Waals surface area contributed by atoms with Crippen molar-refractivity contribution in [1.82, 2.24) is 0 Å². The molecule has 0 amide bonds. The molecule has 0 saturated heterocycles. The van der Waals surface area contributed by atoms with Crippen LogP contribution in [0, 0.1) is 7.43 Å². The predicted molar refractivity (Wildman–Crippen MR) is 119 cm³/mol. The summed E-state index contributed by atoms with van der Waals surface area (Å²) in [6.07, 6.45) is 8.79. The number of rotatable bonds is 4. The van der Waals surface area contributed by atoms with E-state index < -0.39 is 0 Å². The summed E-state index contributed by atoms with van der Waals surface area (Å²) in [6.45, 7) is 6.35. The molecule has 0 bridgehead atoms. The van der Waals surface area contributed by atoms with Gasteiger partial charge in [-0.3, -0.25) is 0 Å². The monoisotopic (exact) mass is 374 g/mol. The van der Waals surface area contributed by atoms with Gasteiger partial charge in [-0.2, -0.15) is 4.57 Å². The Hall–Kier alpha value is -2.52. The van der Waals surface area contributed by atoms with E-state index in [0.717, 1.165) is 13.1 Å². The first-order valence-corrected chi connectivity index (χ1v) is 9.97. The van der Waals surface area contributed by atoms with E-state index in [1.54, 1.807) is 0 Å². The van der Waals surface area contributed by atoms with Gasteiger partial charge in [-0.05, 0) is 43.7 Å². The van der Waals surface area contributed by atoms with Crippen LogP contribution >= 0.6 is 11.8 Å². The van der Waals surface area contributed by atoms with Crippen molar-refractivity contribution in [2.24, 2.45) is 0 Å². The molecule has 2 heterocycles. The number of thioether (sulfide) groups is 1. The minimum atomic E-state index is 0. The lowest BCUT2D eigenvalue weighted by Gasteiger charge is -2.17. The minimum absolute atomic E-state index is 0. The van der Waals surface area contributed by atoms with Gasteiger partial charge in [0.05, 0.1) is 16.1 Å². The van der Waals surface area contributed by atoms with E-state index in [1.165, 1.54) is 32.1 Å². The van der Waals surface area contributed by atoms with Crippen molar-refractivity contribution in [1.29, 1.82) is 0 Å². The zero-order valence-corrected chi connectivity index (χ0v) is 17.0. The normalized spacial score (nSPS) is 14.7. The standard InChI is InChI=1S/C23H23N2S.CH3/c1-3-24-17-16-18(19-11-5-6-12-20(19)24)10-9-15-23-25(4-2)21-13-7-8-14-22(21)26-23;/h5-17H,3-4H2,1-2H3;1H3/q+1;-1. The molecule has 138 valence electrons. The average molecular weight is 375 g/mol. The summed E-state index contributed by atoms with van der Waals surface area (Å²) in [5, 5.41) is 2.58. The van der Waals surface area contributed by atoms with E-state index in [1.807, 2.05) is 11.8 Å². The number of fused-ring (bicyclic) bond motifs is 2. The highest BCUT2D eigenvalue weighted by atomic mass is 32.2. The Bertz CT molecular complexity index is 1000. The molecule has 0 unspecified atom stereocenters. The summed E-state index contributed by atoms with van der Waals surface area (Å²) < 4.78 is 2.29. The van der Waals surface area contributed by atoms with Crippen LogP contribution in [0.15, 0.2) is 82.9 Å². The van der Waals surface area contributed by atoms with Gasteiger partial charge in [-0.15, -0.1) is 0 Å². The molecule has 0 spiro atoms. The van der Waals surface area contributed by atoms with Crippen LogP contribution in [0.1, 0.15) is 19.4 Å². The van der Waals surface area contributed by atoms with Gasteiger partial charge in [-0.1, -0.05) is 48.2 Å². The van der Waals surface area contributed by atoms with Crippen LogP contribution in [0.4, 0.5) is 5.69 Å². The molecule has 1 aromatic heterocycles. The highest BCUT2D eigenvalue weighted by Gasteiger charge is 2.22. The Labute approximate surface area is 166 Å². The first kappa shape index (κ1) is 19.2. The zero-order chi connectivity index (χ0) is 17.9. The minimum Gasteiger partial charge on any atom is -0.358 e. The molecule has 2 nitrogen and oxygen atoms in total. The van der Waals surface area contributed by atoms with Crippen LogP contribution in [0.2, 0.25) is 0 Å². The third kappa shape index (κ3) is 3.65. The van der Waals surface area contributed by atoms with E-state index >= 15 is 0 Å². The SMILES string of the molecule is CCN1C(=CC=Cc2cc[n+](CC)c3ccccc23)Sc2ccccc21.[CH3-]. The fourth-order valence-electron chi connectivity index (χ4n) is 3.47. The summed E-state index contributed by atoms with van der Waals surface area (Å²) >= 11 is 1.85. The molecular formula is C24H26N2S. The molecule has 2 aromatic carbocycles. The fourth-order valence-corrected chi connectivity index (χ4v) is 4.61. The van der Waals surface area contributed by atoms with Crippen molar-refractivity contribution in [2.45, 2.75) is 25.3 Å². The van der Waals surface area contributed by atoms with Crippen molar-refractivity contribution in [2.75, 3.05) is 11.4 Å². The van der Waals surface area contributed by atoms with Crippen LogP contribution in [0.5, 0.6) is 0 Å². The highest BCUT2D eigenvalue weighted by molar-refractivity contribution is 8.03. The average Bonchev–Trinajstić information content (AvgIpc) is 3.05. The summed E-state index contributed by atoms with van der Waals surface area (Å²) in [5.74, 6) is 0. The van der Waals surface area contributed by atoms with E-state index in [0.29, 0.717) is 0 Å². The van der Waals surface area contributed by atoms with Crippen LogP contribution in [0.3, 0.4) is 0 Å². The van der Waals surface area contributed by atoms with Gasteiger partial charge < -0.3 is 12.3 Å². The first-order chi connectivity index (χ1) is 12.8. The van der Waals surface area contributed by atoms with Crippen LogP contribution in [-0.2, 0) is 6.54 Å². The maximum absolute atomic E-state index is 2.37. The molecule has 0 N–H and O–H groups in total. The van der Waals surface area contributed by atoms with E-state index in [-0.39, 0.29) is 7.43 Å². The van der Waals surface area contributed by atoms with Crippen LogP contribution < -0.4 is 9.47 Å². The molecule has 3 aromatic rings. The van der Waals surface area contributed by atoms with Crippen molar-refractivity contribution in [3.05, 3.63) is 91.0 Å². The maximum Gasteiger partial charge on any atom is 0.213 e. The van der Waals surface area contributed by atoms with Crippen LogP contribution in [0.25, 0.3) is 17.0 Å². The maximum atomic E-state index is 2.37. The van der Waals surface area contributed by atoms with Crippen LogP contribution in [-0.4, -0.2) is 6.54 Å². The summed E-state index contributed by atoms with van der Waals surface area (Å²) in [4.78, 5) is 3.71. The zero-order valence-electron chi connectivity index (χ0n) is 16.2. The molecule has 0 radical (unpaired) electrons. The van der Waals surface area contributed by atoms with E-state index in [2.05, 4.69) is 102 Å². The van der Waals surface area contributed by atoms with Gasteiger partial charge >= 0.3 is 0 Å². The van der Waals surface area contributed by atoms with Crippen molar-refractivity contribution >= 4 is 34.4 Å². The molecule has 4 rings (SSSR count). The predicted octanol–water partition coefficient (Wildman–Crippen LogP) is 6.08. The van der Waals surface area contributed by atoms with Gasteiger partial charge in [-0.25, -0.2) is 0 Å². The van der Waals surface area contributed by atoms with Gasteiger partial charge in [0.15, 0.2) is 6.20 Å². The lowest BCUT2D eigenvalue weighted by atomic mass is 10.1. The third-order valence-corrected chi connectivity index (χ3v) is 5.90. The first-order valence-electron chi connectivity index (χ1n) is 9.15. The number of anilines is 1. The van der Waals surface area contributed by atoms with Gasteiger partial charge in [0.25, 0.3) is 0 Å². The van der Waals surface area contributed by atoms with Crippen molar-refractivity contribution in [3.63, 3.8) is 0 Å². The number of allylic oxidation sites excluding steroid dienone is 2. The molecule has 0 saturated carbocycles. The second kappa shape index (κ2) is 8.45. The fraction of sp³-hybridized carbons (Fsp3) is 0.167. The molecule has 1 aliphatic rings. The Morgan fingerprint density at radius 1 is 1.00 bits per heavy atom. The summed E-state index contributed by atoms with van der Waals surface area (Å²) in [7, 11) is 0. The van der Waals surface area contributed by atoms with Gasteiger partial charge in [0.1, 0.15) is 6.54 Å². The second-order valence-electron chi connectivity index (χ2n) is 6.25. The Balaban J connectivity index is 0.00000210. The topological polar surface area (TPSA) is 7.12 Å². The lowest BCUT2D eigenvalue weighted by molar-refractivity contribution is -0.667. The van der Waals surface area contributed by atoms with Crippen molar-refractivity contribution < 1.29 is 4.57 Å². The molecule has 0 fully saturated rings. The highest BCUT2D eigenvalue weighted by Crippen LogP contribution is 2.45. The molecular weight excluding hydrogens is 348 g/mol. The molecule has 0 aliphatic carbocycles. The number of aryl methyl sites for hydroxylation is 1. The number of nitrogens with zero attached hydrogens (tertiary/aromatic N) is 2. The van der Waals surface area contributed by atoms with Gasteiger partial charge in [0.2, 0.25) is 5.52 Å². The third-order valence-electron chi connectivity index (χ3n) is 4.77. The summed E-state index contributed by atoms with van der Waals surface area (Å²) in [6, 6.07) is 19.4. The molecule has 1 aliphatic heterocycles. The number of para-hydroxylation sites is 2. The number of benzene rings is 2. The molecule has 0 atom stereocenters. The largest absolute Gasteiger partial charge is 0.358 e. The molecule has 27 heavy (non-hydrogen) atoms.